The van der Waals surface area contributed by atoms with Crippen molar-refractivity contribution in [3.05, 3.63) is 0 Å². The third-order valence-electron chi connectivity index (χ3n) is 2.27. The molecule has 0 aliphatic heterocycles. The van der Waals surface area contributed by atoms with Gasteiger partial charge in [-0.1, -0.05) is 0 Å². The van der Waals surface area contributed by atoms with Gasteiger partial charge in [-0.05, 0) is 0 Å². The van der Waals surface area contributed by atoms with E-state index in [9.17, 15) is 4.39 Å². The van der Waals surface area contributed by atoms with Crippen LogP contribution in [0.15, 0.2) is 0 Å². The summed E-state index contributed by atoms with van der Waals surface area (Å²) in [5, 5.41) is 0. The molecular weight excluding hydrogens is 143 g/mol. The lowest BCUT2D eigenvalue weighted by molar-refractivity contribution is -0.169. The molecule has 0 aromatic heterocycles. The van der Waals surface area contributed by atoms with Gasteiger partial charge in [0.1, 0.15) is 5.67 Å². The Morgan fingerprint density at radius 1 is 1.33 bits per heavy atom. The normalized spacial score (nSPS) is 52.7. The van der Waals surface area contributed by atoms with E-state index in [1.807, 2.05) is 0 Å². The molecule has 3 saturated carbocycles. The number of nitrogens with one attached hydrogen (secondary N) is 1. The zero-order valence-electron chi connectivity index (χ0n) is 4.98. The lowest BCUT2D eigenvalue weighted by atomic mass is 9.48. The van der Waals surface area contributed by atoms with Crippen LogP contribution in [0.5, 0.6) is 0 Å². The summed E-state index contributed by atoms with van der Waals surface area (Å²) in [4.78, 5) is 0. The molecule has 0 atom stereocenters. The highest BCUT2D eigenvalue weighted by atomic mass is 35.5. The van der Waals surface area contributed by atoms with Crippen molar-refractivity contribution in [2.75, 3.05) is 0 Å². The van der Waals surface area contributed by atoms with Gasteiger partial charge in [-0.3, -0.25) is 11.3 Å². The van der Waals surface area contributed by atoms with Crippen molar-refractivity contribution in [1.29, 1.82) is 0 Å². The summed E-state index contributed by atoms with van der Waals surface area (Å²) >= 11 is 0. The third kappa shape index (κ3) is 0.687. The van der Waals surface area contributed by atoms with E-state index in [2.05, 4.69) is 5.43 Å². The van der Waals surface area contributed by atoms with Crippen LogP contribution in [0.25, 0.3) is 0 Å². The monoisotopic (exact) mass is 152 g/mol. The number of alkyl halides is 1. The number of rotatable bonds is 1. The minimum atomic E-state index is -0.813. The fourth-order valence-electron chi connectivity index (χ4n) is 1.82. The molecule has 0 amide bonds. The lowest BCUT2D eigenvalue weighted by Gasteiger charge is -2.65. The third-order valence-corrected chi connectivity index (χ3v) is 2.27. The van der Waals surface area contributed by atoms with Gasteiger partial charge in [0.15, 0.2) is 0 Å². The summed E-state index contributed by atoms with van der Waals surface area (Å²) in [6, 6.07) is 0. The van der Waals surface area contributed by atoms with Crippen molar-refractivity contribution in [3.8, 4) is 0 Å². The Bertz CT molecular complexity index is 119. The molecular formula is C5H10ClFN2. The van der Waals surface area contributed by atoms with Crippen LogP contribution >= 0.6 is 12.4 Å². The van der Waals surface area contributed by atoms with Gasteiger partial charge in [0.05, 0.1) is 0 Å². The molecule has 3 aliphatic rings. The zero-order chi connectivity index (χ0) is 5.83. The molecule has 0 aromatic carbocycles. The van der Waals surface area contributed by atoms with E-state index in [4.69, 9.17) is 5.84 Å². The SMILES string of the molecule is Cl.NNC12CC(F)(C1)C2. The number of hydrogen-bond acceptors (Lipinski definition) is 2. The molecule has 0 heterocycles. The highest BCUT2D eigenvalue weighted by Crippen LogP contribution is 2.62. The zero-order valence-corrected chi connectivity index (χ0v) is 5.80. The average molecular weight is 153 g/mol. The molecule has 54 valence electrons. The second-order valence-electron chi connectivity index (χ2n) is 3.11. The largest absolute Gasteiger partial charge is 0.271 e. The van der Waals surface area contributed by atoms with Crippen molar-refractivity contribution in [2.24, 2.45) is 5.84 Å². The summed E-state index contributed by atoms with van der Waals surface area (Å²) in [5.41, 5.74) is 1.84. The summed E-state index contributed by atoms with van der Waals surface area (Å²) < 4.78 is 12.6. The smallest absolute Gasteiger partial charge is 0.116 e. The quantitative estimate of drug-likeness (QED) is 0.425. The summed E-state index contributed by atoms with van der Waals surface area (Å²) in [6.45, 7) is 0. The molecule has 0 saturated heterocycles. The molecule has 3 aliphatic carbocycles. The Morgan fingerprint density at radius 2 is 1.78 bits per heavy atom. The van der Waals surface area contributed by atoms with Crippen LogP contribution in [0.4, 0.5) is 4.39 Å². The van der Waals surface area contributed by atoms with Crippen molar-refractivity contribution < 1.29 is 4.39 Å². The first-order valence-corrected chi connectivity index (χ1v) is 2.85. The molecule has 4 heteroatoms. The van der Waals surface area contributed by atoms with Gasteiger partial charge in [-0.2, -0.15) is 0 Å². The second kappa shape index (κ2) is 1.59. The van der Waals surface area contributed by atoms with E-state index in [0.29, 0.717) is 19.3 Å². The van der Waals surface area contributed by atoms with Crippen LogP contribution in [0, 0.1) is 0 Å². The Kier molecular flexibility index (Phi) is 1.28. The highest BCUT2D eigenvalue weighted by molar-refractivity contribution is 5.85. The van der Waals surface area contributed by atoms with Crippen molar-refractivity contribution >= 4 is 12.4 Å². The number of halogens is 2. The van der Waals surface area contributed by atoms with E-state index in [1.165, 1.54) is 0 Å². The van der Waals surface area contributed by atoms with E-state index < -0.39 is 5.67 Å². The molecule has 3 N–H and O–H groups in total. The summed E-state index contributed by atoms with van der Waals surface area (Å²) in [5.74, 6) is 5.15. The Morgan fingerprint density at radius 3 is 1.89 bits per heavy atom. The topological polar surface area (TPSA) is 38.0 Å². The van der Waals surface area contributed by atoms with Gasteiger partial charge in [0.2, 0.25) is 0 Å². The number of nitrogens with two attached hydrogens (primary N) is 1. The van der Waals surface area contributed by atoms with Crippen molar-refractivity contribution in [3.63, 3.8) is 0 Å². The second-order valence-corrected chi connectivity index (χ2v) is 3.11. The first kappa shape index (κ1) is 7.25. The van der Waals surface area contributed by atoms with Gasteiger partial charge >= 0.3 is 0 Å². The molecule has 0 unspecified atom stereocenters. The molecule has 2 nitrogen and oxygen atoms in total. The Hall–Kier alpha value is 0.140. The van der Waals surface area contributed by atoms with Gasteiger partial charge in [0.25, 0.3) is 0 Å². The number of hydrazine groups is 1. The van der Waals surface area contributed by atoms with Crippen LogP contribution in [0.2, 0.25) is 0 Å². The molecule has 0 spiro atoms. The van der Waals surface area contributed by atoms with Gasteiger partial charge < -0.3 is 0 Å². The van der Waals surface area contributed by atoms with E-state index in [-0.39, 0.29) is 17.9 Å². The van der Waals surface area contributed by atoms with Crippen molar-refractivity contribution in [1.82, 2.24) is 5.43 Å². The predicted molar refractivity (Wildman–Crippen MR) is 35.0 cm³/mol. The first-order valence-electron chi connectivity index (χ1n) is 2.85. The van der Waals surface area contributed by atoms with Gasteiger partial charge in [-0.15, -0.1) is 12.4 Å². The Labute approximate surface area is 59.4 Å². The summed E-state index contributed by atoms with van der Waals surface area (Å²) in [6.07, 6.45) is 1.91. The Balaban J connectivity index is 0.000000405. The maximum absolute atomic E-state index is 12.6. The van der Waals surface area contributed by atoms with E-state index in [1.54, 1.807) is 0 Å². The predicted octanol–water partition coefficient (Wildman–Crippen LogP) is 0.516. The van der Waals surface area contributed by atoms with E-state index >= 15 is 0 Å². The van der Waals surface area contributed by atoms with Crippen LogP contribution in [0.1, 0.15) is 19.3 Å². The molecule has 0 aromatic rings. The fraction of sp³-hybridized carbons (Fsp3) is 1.00. The minimum absolute atomic E-state index is 0. The molecule has 3 rings (SSSR count). The maximum Gasteiger partial charge on any atom is 0.116 e. The van der Waals surface area contributed by atoms with Gasteiger partial charge in [-0.25, -0.2) is 4.39 Å². The maximum atomic E-state index is 12.6. The number of hydrogen-bond donors (Lipinski definition) is 2. The average Bonchev–Trinajstić information content (AvgIpc) is 1.55. The first-order chi connectivity index (χ1) is 3.68. The molecule has 9 heavy (non-hydrogen) atoms. The molecule has 2 bridgehead atoms. The van der Waals surface area contributed by atoms with E-state index in [0.717, 1.165) is 0 Å². The fourth-order valence-corrected chi connectivity index (χ4v) is 1.82. The standard InChI is InChI=1S/C5H9FN2.ClH/c6-4-1-5(2-4,3-4)8-7;/h8H,1-3,7H2;1H. The van der Waals surface area contributed by atoms with Crippen LogP contribution < -0.4 is 11.3 Å². The highest BCUT2D eigenvalue weighted by Gasteiger charge is 2.68. The minimum Gasteiger partial charge on any atom is -0.271 e. The van der Waals surface area contributed by atoms with Gasteiger partial charge in [0, 0.05) is 24.8 Å². The molecule has 0 radical (unpaired) electrons. The van der Waals surface area contributed by atoms with Crippen LogP contribution in [-0.4, -0.2) is 11.2 Å². The van der Waals surface area contributed by atoms with Crippen LogP contribution in [0.3, 0.4) is 0 Å². The molecule has 3 fully saturated rings. The summed E-state index contributed by atoms with van der Waals surface area (Å²) in [7, 11) is 0. The van der Waals surface area contributed by atoms with Crippen LogP contribution in [-0.2, 0) is 0 Å². The van der Waals surface area contributed by atoms with Crippen molar-refractivity contribution in [2.45, 2.75) is 30.5 Å². The lowest BCUT2D eigenvalue weighted by Crippen LogP contribution is -2.77.